The molecule has 0 aromatic rings. The van der Waals surface area contributed by atoms with Crippen LogP contribution in [0.15, 0.2) is 12.3 Å². The minimum atomic E-state index is -4.95. The van der Waals surface area contributed by atoms with Crippen LogP contribution >= 0.6 is 0 Å². The molecule has 0 aromatic heterocycles. The summed E-state index contributed by atoms with van der Waals surface area (Å²) >= 11 is 0. The molecular weight excluding hydrogens is 281 g/mol. The van der Waals surface area contributed by atoms with E-state index in [1.54, 1.807) is 6.92 Å². The van der Waals surface area contributed by atoms with Gasteiger partial charge in [0.05, 0.1) is 6.61 Å². The molecule has 6 nitrogen and oxygen atoms in total. The number of alkyl halides is 3. The van der Waals surface area contributed by atoms with Crippen LogP contribution in [0.2, 0.25) is 0 Å². The molecule has 1 atom stereocenters. The number of carbonyl (C=O) groups excluding carboxylic acids is 3. The lowest BCUT2D eigenvalue weighted by Crippen LogP contribution is -2.42. The van der Waals surface area contributed by atoms with E-state index in [9.17, 15) is 27.6 Å². The van der Waals surface area contributed by atoms with Crippen LogP contribution in [0.4, 0.5) is 13.2 Å². The fraction of sp³-hybridized carbons (Fsp3) is 0.545. The number of esters is 1. The number of rotatable bonds is 7. The minimum absolute atomic E-state index is 0.171. The maximum absolute atomic E-state index is 11.9. The highest BCUT2D eigenvalue weighted by molar-refractivity contribution is 5.94. The maximum atomic E-state index is 11.9. The zero-order chi connectivity index (χ0) is 15.8. The van der Waals surface area contributed by atoms with Crippen LogP contribution in [-0.2, 0) is 19.1 Å². The van der Waals surface area contributed by atoms with Gasteiger partial charge in [-0.25, -0.2) is 0 Å². The first-order chi connectivity index (χ1) is 9.18. The van der Waals surface area contributed by atoms with Crippen molar-refractivity contribution in [2.45, 2.75) is 26.1 Å². The molecule has 0 aliphatic heterocycles. The van der Waals surface area contributed by atoms with E-state index in [2.05, 4.69) is 15.4 Å². The fourth-order valence-electron chi connectivity index (χ4n) is 0.963. The number of hydrogen-bond acceptors (Lipinski definition) is 5. The number of amides is 1. The molecular formula is C11H15F3N2O4. The summed E-state index contributed by atoms with van der Waals surface area (Å²) in [6.45, 7) is 2.78. The maximum Gasteiger partial charge on any atom is 0.454 e. The molecule has 0 aromatic carbocycles. The summed E-state index contributed by atoms with van der Waals surface area (Å²) in [7, 11) is 0. The summed E-state index contributed by atoms with van der Waals surface area (Å²) in [5.41, 5.74) is 0. The number of carbonyl (C=O) groups is 3. The SMILES string of the molecule is CCOC(=O)CNC(=O)C(C)N/C=C\C(=O)C(F)(F)F. The number of hydrogen-bond donors (Lipinski definition) is 2. The molecule has 2 N–H and O–H groups in total. The molecule has 1 amide bonds. The van der Waals surface area contributed by atoms with Crippen LogP contribution in [0, 0.1) is 0 Å². The highest BCUT2D eigenvalue weighted by atomic mass is 19.4. The standard InChI is InChI=1S/C11H15F3N2O4/c1-3-20-9(18)6-16-10(19)7(2)15-5-4-8(17)11(12,13)14/h4-5,7,15H,3,6H2,1-2H3,(H,16,19)/b5-4-. The minimum Gasteiger partial charge on any atom is -0.465 e. The van der Waals surface area contributed by atoms with Gasteiger partial charge in [0.25, 0.3) is 5.78 Å². The van der Waals surface area contributed by atoms with Crippen molar-refractivity contribution in [1.29, 1.82) is 0 Å². The summed E-state index contributed by atoms with van der Waals surface area (Å²) in [4.78, 5) is 32.8. The van der Waals surface area contributed by atoms with Gasteiger partial charge in [-0.2, -0.15) is 13.2 Å². The average molecular weight is 296 g/mol. The van der Waals surface area contributed by atoms with Crippen molar-refractivity contribution in [3.8, 4) is 0 Å². The molecule has 1 unspecified atom stereocenters. The predicted molar refractivity (Wildman–Crippen MR) is 62.4 cm³/mol. The molecule has 9 heteroatoms. The quantitative estimate of drug-likeness (QED) is 0.521. The van der Waals surface area contributed by atoms with Crippen LogP contribution in [0.3, 0.4) is 0 Å². The lowest BCUT2D eigenvalue weighted by atomic mass is 10.3. The van der Waals surface area contributed by atoms with Gasteiger partial charge in [0.1, 0.15) is 12.6 Å². The van der Waals surface area contributed by atoms with Gasteiger partial charge in [-0.3, -0.25) is 14.4 Å². The molecule has 0 aliphatic carbocycles. The Morgan fingerprint density at radius 1 is 1.30 bits per heavy atom. The van der Waals surface area contributed by atoms with Crippen LogP contribution in [-0.4, -0.2) is 43.0 Å². The Balaban J connectivity index is 4.12. The van der Waals surface area contributed by atoms with E-state index in [1.807, 2.05) is 0 Å². The van der Waals surface area contributed by atoms with Crippen LogP contribution < -0.4 is 10.6 Å². The number of nitrogens with one attached hydrogen (secondary N) is 2. The van der Waals surface area contributed by atoms with Gasteiger partial charge in [-0.1, -0.05) is 0 Å². The molecule has 0 spiro atoms. The van der Waals surface area contributed by atoms with Crippen molar-refractivity contribution in [1.82, 2.24) is 10.6 Å². The van der Waals surface area contributed by atoms with E-state index in [0.717, 1.165) is 6.20 Å². The number of allylic oxidation sites excluding steroid dienone is 1. The Morgan fingerprint density at radius 3 is 2.40 bits per heavy atom. The van der Waals surface area contributed by atoms with E-state index >= 15 is 0 Å². The second kappa shape index (κ2) is 8.18. The topological polar surface area (TPSA) is 84.5 Å². The van der Waals surface area contributed by atoms with Crippen molar-refractivity contribution < 1.29 is 32.3 Å². The van der Waals surface area contributed by atoms with E-state index < -0.39 is 29.9 Å². The zero-order valence-corrected chi connectivity index (χ0v) is 10.9. The normalized spacial score (nSPS) is 12.8. The molecule has 114 valence electrons. The average Bonchev–Trinajstić information content (AvgIpc) is 2.34. The first kappa shape index (κ1) is 17.9. The van der Waals surface area contributed by atoms with Crippen molar-refractivity contribution in [2.75, 3.05) is 13.2 Å². The third kappa shape index (κ3) is 7.39. The molecule has 0 radical (unpaired) electrons. The van der Waals surface area contributed by atoms with Gasteiger partial charge in [0.2, 0.25) is 5.91 Å². The van der Waals surface area contributed by atoms with Crippen LogP contribution in [0.25, 0.3) is 0 Å². The fourth-order valence-corrected chi connectivity index (χ4v) is 0.963. The largest absolute Gasteiger partial charge is 0.465 e. The number of ketones is 1. The zero-order valence-electron chi connectivity index (χ0n) is 10.9. The molecule has 0 heterocycles. The van der Waals surface area contributed by atoms with Gasteiger partial charge in [0.15, 0.2) is 0 Å². The summed E-state index contributed by atoms with van der Waals surface area (Å²) in [6.07, 6.45) is -3.95. The van der Waals surface area contributed by atoms with E-state index in [1.165, 1.54) is 6.92 Å². The first-order valence-corrected chi connectivity index (χ1v) is 5.65. The summed E-state index contributed by atoms with van der Waals surface area (Å²) in [5.74, 6) is -3.29. The van der Waals surface area contributed by atoms with Crippen molar-refractivity contribution in [3.63, 3.8) is 0 Å². The lowest BCUT2D eigenvalue weighted by Gasteiger charge is -2.11. The Labute approximate surface area is 113 Å². The van der Waals surface area contributed by atoms with Crippen molar-refractivity contribution in [2.24, 2.45) is 0 Å². The van der Waals surface area contributed by atoms with E-state index in [0.29, 0.717) is 0 Å². The second-order valence-electron chi connectivity index (χ2n) is 3.61. The Bertz CT molecular complexity index is 394. The van der Waals surface area contributed by atoms with Gasteiger partial charge < -0.3 is 15.4 Å². The second-order valence-corrected chi connectivity index (χ2v) is 3.61. The van der Waals surface area contributed by atoms with Gasteiger partial charge in [-0.15, -0.1) is 0 Å². The van der Waals surface area contributed by atoms with E-state index in [4.69, 9.17) is 0 Å². The smallest absolute Gasteiger partial charge is 0.454 e. The molecule has 0 fully saturated rings. The van der Waals surface area contributed by atoms with Crippen molar-refractivity contribution in [3.05, 3.63) is 12.3 Å². The Kier molecular flexibility index (Phi) is 7.34. The molecule has 0 aliphatic rings. The Hall–Kier alpha value is -2.06. The molecule has 0 rings (SSSR count). The monoisotopic (exact) mass is 296 g/mol. The molecule has 20 heavy (non-hydrogen) atoms. The highest BCUT2D eigenvalue weighted by Crippen LogP contribution is 2.15. The number of ether oxygens (including phenoxy) is 1. The molecule has 0 bridgehead atoms. The van der Waals surface area contributed by atoms with Gasteiger partial charge >= 0.3 is 12.1 Å². The number of halogens is 3. The summed E-state index contributed by atoms with van der Waals surface area (Å²) in [5, 5.41) is 4.49. The van der Waals surface area contributed by atoms with Gasteiger partial charge in [-0.05, 0) is 13.8 Å². The third-order valence-electron chi connectivity index (χ3n) is 1.97. The Morgan fingerprint density at radius 2 is 1.90 bits per heavy atom. The van der Waals surface area contributed by atoms with Gasteiger partial charge in [0, 0.05) is 12.3 Å². The highest BCUT2D eigenvalue weighted by Gasteiger charge is 2.36. The lowest BCUT2D eigenvalue weighted by molar-refractivity contribution is -0.165. The van der Waals surface area contributed by atoms with E-state index in [-0.39, 0.29) is 19.2 Å². The van der Waals surface area contributed by atoms with Crippen molar-refractivity contribution >= 4 is 17.7 Å². The first-order valence-electron chi connectivity index (χ1n) is 5.65. The van der Waals surface area contributed by atoms with Crippen LogP contribution in [0.1, 0.15) is 13.8 Å². The molecule has 0 saturated carbocycles. The molecule has 0 saturated heterocycles. The summed E-state index contributed by atoms with van der Waals surface area (Å²) < 4.78 is 40.1. The van der Waals surface area contributed by atoms with Crippen LogP contribution in [0.5, 0.6) is 0 Å². The predicted octanol–water partition coefficient (Wildman–Crippen LogP) is 0.289. The summed E-state index contributed by atoms with van der Waals surface area (Å²) in [6, 6.07) is -0.915. The third-order valence-corrected chi connectivity index (χ3v) is 1.97.